The quantitative estimate of drug-likeness (QED) is 0.833. The first-order valence-electron chi connectivity index (χ1n) is 9.03. The Morgan fingerprint density at radius 1 is 1.08 bits per heavy atom. The second-order valence-electron chi connectivity index (χ2n) is 6.35. The third-order valence-electron chi connectivity index (χ3n) is 4.41. The van der Waals surface area contributed by atoms with E-state index in [4.69, 9.17) is 4.74 Å². The molecule has 3 rings (SSSR count). The Kier molecular flexibility index (Phi) is 5.89. The molecule has 2 aromatic carbocycles. The lowest BCUT2D eigenvalue weighted by Crippen LogP contribution is -2.25. The van der Waals surface area contributed by atoms with Gasteiger partial charge < -0.3 is 15.0 Å². The molecule has 1 saturated heterocycles. The number of rotatable bonds is 7. The number of anilines is 1. The van der Waals surface area contributed by atoms with Crippen molar-refractivity contribution in [1.29, 1.82) is 0 Å². The molecule has 136 valence electrons. The van der Waals surface area contributed by atoms with E-state index in [-0.39, 0.29) is 11.8 Å². The van der Waals surface area contributed by atoms with Crippen molar-refractivity contribution >= 4 is 17.5 Å². The molecule has 0 saturated carbocycles. The van der Waals surface area contributed by atoms with E-state index in [1.165, 1.54) is 0 Å². The van der Waals surface area contributed by atoms with Crippen molar-refractivity contribution in [2.24, 2.45) is 0 Å². The summed E-state index contributed by atoms with van der Waals surface area (Å²) in [7, 11) is 0. The number of benzene rings is 2. The fourth-order valence-corrected chi connectivity index (χ4v) is 3.03. The highest BCUT2D eigenvalue weighted by Crippen LogP contribution is 2.21. The van der Waals surface area contributed by atoms with Gasteiger partial charge in [-0.05, 0) is 48.7 Å². The number of nitrogens with one attached hydrogen (secondary N) is 1. The third kappa shape index (κ3) is 4.63. The van der Waals surface area contributed by atoms with Crippen molar-refractivity contribution in [1.82, 2.24) is 5.32 Å². The molecule has 0 aromatic heterocycles. The molecule has 2 aromatic rings. The van der Waals surface area contributed by atoms with Gasteiger partial charge in [-0.3, -0.25) is 9.59 Å². The third-order valence-corrected chi connectivity index (χ3v) is 4.41. The number of hydrogen-bond acceptors (Lipinski definition) is 3. The summed E-state index contributed by atoms with van der Waals surface area (Å²) in [6.07, 6.45) is 1.89. The van der Waals surface area contributed by atoms with Crippen molar-refractivity contribution in [2.45, 2.75) is 32.7 Å². The first-order valence-corrected chi connectivity index (χ1v) is 9.03. The molecule has 0 radical (unpaired) electrons. The summed E-state index contributed by atoms with van der Waals surface area (Å²) in [4.78, 5) is 25.7. The molecule has 0 bridgehead atoms. The van der Waals surface area contributed by atoms with Gasteiger partial charge in [0.15, 0.2) is 0 Å². The van der Waals surface area contributed by atoms with Crippen LogP contribution >= 0.6 is 0 Å². The molecule has 5 heteroatoms. The van der Waals surface area contributed by atoms with E-state index >= 15 is 0 Å². The van der Waals surface area contributed by atoms with Gasteiger partial charge in [0.2, 0.25) is 11.8 Å². The minimum atomic E-state index is -0.0204. The maximum Gasteiger partial charge on any atom is 0.227 e. The topological polar surface area (TPSA) is 58.6 Å². The molecule has 5 nitrogen and oxygen atoms in total. The van der Waals surface area contributed by atoms with Gasteiger partial charge in [-0.15, -0.1) is 0 Å². The molecule has 0 spiro atoms. The van der Waals surface area contributed by atoms with Crippen molar-refractivity contribution in [2.75, 3.05) is 18.1 Å². The van der Waals surface area contributed by atoms with Crippen molar-refractivity contribution in [3.63, 3.8) is 0 Å². The van der Waals surface area contributed by atoms with E-state index in [1.807, 2.05) is 60.4 Å². The van der Waals surface area contributed by atoms with Gasteiger partial charge >= 0.3 is 0 Å². The number of carbonyl (C=O) groups is 2. The SMILES string of the molecule is CCOc1ccc(CC(=O)NCc2ccc(N3CCCC3=O)cc2)cc1. The van der Waals surface area contributed by atoms with Crippen LogP contribution in [0.3, 0.4) is 0 Å². The van der Waals surface area contributed by atoms with Gasteiger partial charge in [0.05, 0.1) is 13.0 Å². The highest BCUT2D eigenvalue weighted by Gasteiger charge is 2.21. The summed E-state index contributed by atoms with van der Waals surface area (Å²) in [6, 6.07) is 15.4. The summed E-state index contributed by atoms with van der Waals surface area (Å²) in [6.45, 7) is 3.84. The Morgan fingerprint density at radius 2 is 1.77 bits per heavy atom. The van der Waals surface area contributed by atoms with Crippen LogP contribution in [0.25, 0.3) is 0 Å². The largest absolute Gasteiger partial charge is 0.494 e. The van der Waals surface area contributed by atoms with Gasteiger partial charge in [-0.2, -0.15) is 0 Å². The summed E-state index contributed by atoms with van der Waals surface area (Å²) in [5, 5.41) is 2.93. The number of carbonyl (C=O) groups excluding carboxylic acids is 2. The van der Waals surface area contributed by atoms with E-state index in [0.717, 1.165) is 35.5 Å². The minimum Gasteiger partial charge on any atom is -0.494 e. The lowest BCUT2D eigenvalue weighted by Gasteiger charge is -2.16. The molecule has 0 unspecified atom stereocenters. The fraction of sp³-hybridized carbons (Fsp3) is 0.333. The van der Waals surface area contributed by atoms with Crippen LogP contribution in [-0.2, 0) is 22.6 Å². The first kappa shape index (κ1) is 18.0. The molecule has 1 fully saturated rings. The fourth-order valence-electron chi connectivity index (χ4n) is 3.03. The first-order chi connectivity index (χ1) is 12.7. The second-order valence-corrected chi connectivity index (χ2v) is 6.35. The van der Waals surface area contributed by atoms with Gasteiger partial charge in [0, 0.05) is 25.2 Å². The van der Waals surface area contributed by atoms with Crippen LogP contribution in [-0.4, -0.2) is 25.0 Å². The second kappa shape index (κ2) is 8.52. The molecule has 26 heavy (non-hydrogen) atoms. The zero-order valence-corrected chi connectivity index (χ0v) is 15.0. The summed E-state index contributed by atoms with van der Waals surface area (Å²) >= 11 is 0. The molecule has 2 amide bonds. The lowest BCUT2D eigenvalue weighted by atomic mass is 10.1. The Morgan fingerprint density at radius 3 is 2.38 bits per heavy atom. The van der Waals surface area contributed by atoms with Crippen LogP contribution in [0.2, 0.25) is 0 Å². The molecule has 1 heterocycles. The van der Waals surface area contributed by atoms with Crippen LogP contribution in [0.1, 0.15) is 30.9 Å². The van der Waals surface area contributed by atoms with E-state index in [2.05, 4.69) is 5.32 Å². The molecule has 0 atom stereocenters. The van der Waals surface area contributed by atoms with E-state index in [0.29, 0.717) is 26.0 Å². The van der Waals surface area contributed by atoms with E-state index < -0.39 is 0 Å². The predicted molar refractivity (Wildman–Crippen MR) is 101 cm³/mol. The van der Waals surface area contributed by atoms with Crippen LogP contribution in [0, 0.1) is 0 Å². The number of hydrogen-bond donors (Lipinski definition) is 1. The van der Waals surface area contributed by atoms with Crippen LogP contribution in [0.4, 0.5) is 5.69 Å². The normalized spacial score (nSPS) is 13.7. The molecule has 1 aliphatic heterocycles. The Labute approximate surface area is 154 Å². The van der Waals surface area contributed by atoms with Gasteiger partial charge in [0.25, 0.3) is 0 Å². The smallest absolute Gasteiger partial charge is 0.227 e. The van der Waals surface area contributed by atoms with Crippen LogP contribution < -0.4 is 15.0 Å². The van der Waals surface area contributed by atoms with E-state index in [9.17, 15) is 9.59 Å². The number of nitrogens with zero attached hydrogens (tertiary/aromatic N) is 1. The van der Waals surface area contributed by atoms with Crippen LogP contribution in [0.15, 0.2) is 48.5 Å². The molecule has 0 aliphatic carbocycles. The number of amides is 2. The predicted octanol–water partition coefficient (Wildman–Crippen LogP) is 3.07. The average Bonchev–Trinajstić information content (AvgIpc) is 3.08. The number of ether oxygens (including phenoxy) is 1. The van der Waals surface area contributed by atoms with Crippen LogP contribution in [0.5, 0.6) is 5.75 Å². The summed E-state index contributed by atoms with van der Waals surface area (Å²) in [5.41, 5.74) is 2.89. The van der Waals surface area contributed by atoms with E-state index in [1.54, 1.807) is 0 Å². The molecule has 1 N–H and O–H groups in total. The highest BCUT2D eigenvalue weighted by molar-refractivity contribution is 5.95. The molecule has 1 aliphatic rings. The van der Waals surface area contributed by atoms with Gasteiger partial charge in [-0.25, -0.2) is 0 Å². The molecular weight excluding hydrogens is 328 g/mol. The Bertz CT molecular complexity index is 754. The average molecular weight is 352 g/mol. The van der Waals surface area contributed by atoms with Crippen molar-refractivity contribution in [3.05, 3.63) is 59.7 Å². The summed E-state index contributed by atoms with van der Waals surface area (Å²) in [5.74, 6) is 0.975. The van der Waals surface area contributed by atoms with Gasteiger partial charge in [-0.1, -0.05) is 24.3 Å². The lowest BCUT2D eigenvalue weighted by molar-refractivity contribution is -0.120. The van der Waals surface area contributed by atoms with Gasteiger partial charge in [0.1, 0.15) is 5.75 Å². The standard InChI is InChI=1S/C21H24N2O3/c1-2-26-19-11-7-16(8-12-19)14-20(24)22-15-17-5-9-18(10-6-17)23-13-3-4-21(23)25/h5-12H,2-4,13-15H2,1H3,(H,22,24). The molecular formula is C21H24N2O3. The van der Waals surface area contributed by atoms with Crippen molar-refractivity contribution < 1.29 is 14.3 Å². The monoisotopic (exact) mass is 352 g/mol. The highest BCUT2D eigenvalue weighted by atomic mass is 16.5. The maximum atomic E-state index is 12.1. The Hall–Kier alpha value is -2.82. The minimum absolute atomic E-state index is 0.0204. The van der Waals surface area contributed by atoms with Crippen molar-refractivity contribution in [3.8, 4) is 5.75 Å². The Balaban J connectivity index is 1.48. The zero-order valence-electron chi connectivity index (χ0n) is 15.0. The zero-order chi connectivity index (χ0) is 18.4. The maximum absolute atomic E-state index is 12.1. The summed E-state index contributed by atoms with van der Waals surface area (Å²) < 4.78 is 5.40.